The highest BCUT2D eigenvalue weighted by atomic mass is 16.5. The lowest BCUT2D eigenvalue weighted by Gasteiger charge is -2.32. The number of carbonyl (C=O) groups is 1. The van der Waals surface area contributed by atoms with Crippen molar-refractivity contribution in [2.24, 2.45) is 0 Å². The van der Waals surface area contributed by atoms with Crippen molar-refractivity contribution in [2.45, 2.75) is 109 Å². The summed E-state index contributed by atoms with van der Waals surface area (Å²) < 4.78 is 29.5. The molecule has 8 aromatic rings. The van der Waals surface area contributed by atoms with E-state index in [1.165, 1.54) is 41.5 Å². The van der Waals surface area contributed by atoms with E-state index < -0.39 is 6.10 Å². The molecule has 10 heteroatoms. The van der Waals surface area contributed by atoms with Gasteiger partial charge in [-0.3, -0.25) is 4.79 Å². The van der Waals surface area contributed by atoms with E-state index in [0.29, 0.717) is 36.6 Å². The van der Waals surface area contributed by atoms with E-state index in [1.807, 2.05) is 48.5 Å². The molecule has 378 valence electrons. The summed E-state index contributed by atoms with van der Waals surface area (Å²) in [5.74, 6) is 3.46. The van der Waals surface area contributed by atoms with Crippen LogP contribution in [0, 0.1) is 0 Å². The standard InChI is InChI=1S/C64H66N4O6/c1-6-39-64(40-7-2)57-42-50(62-67-65-60(73-62)48-23-19-44(20-24-48)46-27-33-53(70-5)34-28-46)31-37-55(57)56-38-32-51(43-58(56)64)63-68-66-61(74-63)49-25-21-45(22-26-49)47-29-35-54(36-30-47)71-41-17-15-13-11-10-12-14-16-18-59(69)72-52(8-3)9-4/h8-9,19-38,42-43,52H,3-4,6-7,10-18,39-41H2,1-2,5H3. The van der Waals surface area contributed by atoms with Crippen LogP contribution in [-0.4, -0.2) is 46.2 Å². The Hall–Kier alpha value is -7.85. The van der Waals surface area contributed by atoms with Crippen LogP contribution in [0.25, 0.3) is 79.2 Å². The van der Waals surface area contributed by atoms with E-state index in [0.717, 1.165) is 114 Å². The van der Waals surface area contributed by atoms with Gasteiger partial charge in [0, 0.05) is 34.1 Å². The van der Waals surface area contributed by atoms with Crippen molar-refractivity contribution < 1.29 is 27.8 Å². The Morgan fingerprint density at radius 1 is 0.514 bits per heavy atom. The highest BCUT2D eigenvalue weighted by molar-refractivity contribution is 5.85. The number of methoxy groups -OCH3 is 1. The lowest BCUT2D eigenvalue weighted by atomic mass is 9.71. The lowest BCUT2D eigenvalue weighted by molar-refractivity contribution is -0.145. The summed E-state index contributed by atoms with van der Waals surface area (Å²) in [4.78, 5) is 11.9. The van der Waals surface area contributed by atoms with E-state index in [2.05, 4.69) is 132 Å². The minimum Gasteiger partial charge on any atom is -0.497 e. The van der Waals surface area contributed by atoms with Gasteiger partial charge < -0.3 is 23.0 Å². The number of benzene rings is 6. The second-order valence-corrected chi connectivity index (χ2v) is 19.2. The van der Waals surface area contributed by atoms with Crippen molar-refractivity contribution in [2.75, 3.05) is 13.7 Å². The smallest absolute Gasteiger partial charge is 0.306 e. The number of fused-ring (bicyclic) bond motifs is 3. The van der Waals surface area contributed by atoms with Crippen LogP contribution in [0.4, 0.5) is 0 Å². The summed E-state index contributed by atoms with van der Waals surface area (Å²) in [6.45, 7) is 12.5. The van der Waals surface area contributed by atoms with Gasteiger partial charge in [-0.15, -0.1) is 20.4 Å². The van der Waals surface area contributed by atoms with E-state index >= 15 is 0 Å². The fourth-order valence-electron chi connectivity index (χ4n) is 10.4. The molecule has 0 unspecified atom stereocenters. The summed E-state index contributed by atoms with van der Waals surface area (Å²) in [5, 5.41) is 18.1. The molecule has 0 atom stereocenters. The molecule has 0 saturated heterocycles. The number of hydrogen-bond donors (Lipinski definition) is 0. The van der Waals surface area contributed by atoms with Crippen molar-refractivity contribution in [3.05, 3.63) is 170 Å². The van der Waals surface area contributed by atoms with Gasteiger partial charge in [0.25, 0.3) is 0 Å². The van der Waals surface area contributed by atoms with Gasteiger partial charge in [-0.1, -0.05) is 139 Å². The molecule has 10 nitrogen and oxygen atoms in total. The summed E-state index contributed by atoms with van der Waals surface area (Å²) in [7, 11) is 1.67. The molecule has 2 heterocycles. The number of ether oxygens (including phenoxy) is 3. The minimum atomic E-state index is -0.400. The van der Waals surface area contributed by atoms with E-state index in [-0.39, 0.29) is 11.4 Å². The van der Waals surface area contributed by atoms with Crippen LogP contribution in [0.3, 0.4) is 0 Å². The molecule has 0 radical (unpaired) electrons. The molecule has 9 rings (SSSR count). The first-order valence-corrected chi connectivity index (χ1v) is 26.3. The maximum atomic E-state index is 11.9. The topological polar surface area (TPSA) is 123 Å². The Labute approximate surface area is 435 Å². The lowest BCUT2D eigenvalue weighted by Crippen LogP contribution is -2.25. The Kier molecular flexibility index (Phi) is 16.7. The van der Waals surface area contributed by atoms with Gasteiger partial charge in [0.05, 0.1) is 13.7 Å². The Balaban J connectivity index is 0.794. The quantitative estimate of drug-likeness (QED) is 0.0294. The molecule has 6 aromatic carbocycles. The summed E-state index contributed by atoms with van der Waals surface area (Å²) >= 11 is 0. The van der Waals surface area contributed by atoms with Crippen LogP contribution in [-0.2, 0) is 14.9 Å². The zero-order valence-electron chi connectivity index (χ0n) is 43.0. The molecule has 0 saturated carbocycles. The van der Waals surface area contributed by atoms with Crippen LogP contribution in [0.5, 0.6) is 11.5 Å². The largest absolute Gasteiger partial charge is 0.497 e. The van der Waals surface area contributed by atoms with Crippen LogP contribution >= 0.6 is 0 Å². The first-order chi connectivity index (χ1) is 36.3. The van der Waals surface area contributed by atoms with Crippen molar-refractivity contribution in [1.82, 2.24) is 20.4 Å². The third-order valence-corrected chi connectivity index (χ3v) is 14.2. The number of rotatable bonds is 26. The van der Waals surface area contributed by atoms with Crippen LogP contribution in [0.15, 0.2) is 168 Å². The highest BCUT2D eigenvalue weighted by Gasteiger charge is 2.42. The van der Waals surface area contributed by atoms with Crippen LogP contribution in [0.2, 0.25) is 0 Å². The third kappa shape index (κ3) is 11.7. The second-order valence-electron chi connectivity index (χ2n) is 19.2. The maximum absolute atomic E-state index is 11.9. The van der Waals surface area contributed by atoms with Gasteiger partial charge in [-0.2, -0.15) is 0 Å². The summed E-state index contributed by atoms with van der Waals surface area (Å²) in [6, 6.07) is 45.9. The minimum absolute atomic E-state index is 0.185. The molecule has 0 N–H and O–H groups in total. The van der Waals surface area contributed by atoms with Gasteiger partial charge >= 0.3 is 5.97 Å². The Bertz CT molecular complexity index is 3120. The number of aromatic nitrogens is 4. The van der Waals surface area contributed by atoms with E-state index in [9.17, 15) is 4.79 Å². The molecular weight excluding hydrogens is 921 g/mol. The highest BCUT2D eigenvalue weighted by Crippen LogP contribution is 2.55. The first-order valence-electron chi connectivity index (χ1n) is 26.3. The molecule has 0 fully saturated rings. The van der Waals surface area contributed by atoms with Gasteiger partial charge in [0.15, 0.2) is 0 Å². The molecule has 74 heavy (non-hydrogen) atoms. The third-order valence-electron chi connectivity index (χ3n) is 14.2. The average molecular weight is 987 g/mol. The van der Waals surface area contributed by atoms with Crippen molar-refractivity contribution >= 4 is 5.97 Å². The number of esters is 1. The predicted octanol–water partition coefficient (Wildman–Crippen LogP) is 16.5. The van der Waals surface area contributed by atoms with Crippen molar-refractivity contribution in [1.29, 1.82) is 0 Å². The van der Waals surface area contributed by atoms with E-state index in [1.54, 1.807) is 19.3 Å². The van der Waals surface area contributed by atoms with Crippen LogP contribution in [0.1, 0.15) is 108 Å². The zero-order valence-corrected chi connectivity index (χ0v) is 43.0. The number of hydrogen-bond acceptors (Lipinski definition) is 10. The molecule has 0 spiro atoms. The molecule has 2 aromatic heterocycles. The summed E-state index contributed by atoms with van der Waals surface area (Å²) in [5.41, 5.74) is 12.7. The maximum Gasteiger partial charge on any atom is 0.306 e. The monoisotopic (exact) mass is 986 g/mol. The zero-order chi connectivity index (χ0) is 51.3. The predicted molar refractivity (Wildman–Crippen MR) is 295 cm³/mol. The first kappa shape index (κ1) is 51.1. The van der Waals surface area contributed by atoms with Crippen molar-refractivity contribution in [3.8, 4) is 90.7 Å². The molecule has 0 aliphatic heterocycles. The number of unbranched alkanes of at least 4 members (excludes halogenated alkanes) is 7. The summed E-state index contributed by atoms with van der Waals surface area (Å²) in [6.07, 6.45) is 16.0. The number of carbonyl (C=O) groups excluding carboxylic acids is 1. The molecule has 0 bridgehead atoms. The van der Waals surface area contributed by atoms with Gasteiger partial charge in [0.2, 0.25) is 23.6 Å². The van der Waals surface area contributed by atoms with Gasteiger partial charge in [-0.05, 0) is 155 Å². The normalized spacial score (nSPS) is 12.3. The molecular formula is C64H66N4O6. The van der Waals surface area contributed by atoms with Crippen molar-refractivity contribution in [3.63, 3.8) is 0 Å². The molecule has 0 amide bonds. The molecule has 1 aliphatic carbocycles. The average Bonchev–Trinajstić information content (AvgIpc) is 4.22. The fourth-order valence-corrected chi connectivity index (χ4v) is 10.4. The Morgan fingerprint density at radius 2 is 0.892 bits per heavy atom. The van der Waals surface area contributed by atoms with Gasteiger partial charge in [0.1, 0.15) is 17.6 Å². The second kappa shape index (κ2) is 24.2. The fraction of sp³-hybridized carbons (Fsp3) is 0.297. The van der Waals surface area contributed by atoms with E-state index in [4.69, 9.17) is 23.0 Å². The number of nitrogens with zero attached hydrogens (tertiary/aromatic N) is 4. The molecule has 1 aliphatic rings. The van der Waals surface area contributed by atoms with Gasteiger partial charge in [-0.25, -0.2) is 0 Å². The Morgan fingerprint density at radius 3 is 1.32 bits per heavy atom. The van der Waals surface area contributed by atoms with Crippen LogP contribution < -0.4 is 9.47 Å². The SMILES string of the molecule is C=CC(C=C)OC(=O)CCCCCCCCCCOc1ccc(-c2ccc(-c3nnc(-c4ccc5c(c4)C(CCC)(CCC)c4cc(-c6nnc(-c7ccc(-c8ccc(OC)cc8)cc7)o6)ccc4-5)o3)cc2)cc1.